The molecule has 118 valence electrons. The Hall–Kier alpha value is -1.40. The summed E-state index contributed by atoms with van der Waals surface area (Å²) in [4.78, 5) is 11.2. The van der Waals surface area contributed by atoms with Gasteiger partial charge in [0.2, 0.25) is 10.0 Å². The first-order valence-corrected chi connectivity index (χ1v) is 8.72. The van der Waals surface area contributed by atoms with Crippen LogP contribution < -0.4 is 4.72 Å². The van der Waals surface area contributed by atoms with Crippen LogP contribution in [0.15, 0.2) is 30.3 Å². The molecule has 5 nitrogen and oxygen atoms in total. The fraction of sp³-hybridized carbons (Fsp3) is 0.533. The van der Waals surface area contributed by atoms with Crippen LogP contribution in [0.1, 0.15) is 32.3 Å². The second kappa shape index (κ2) is 8.14. The monoisotopic (exact) mass is 313 g/mol. The molecule has 0 aliphatic heterocycles. The van der Waals surface area contributed by atoms with E-state index >= 15 is 0 Å². The van der Waals surface area contributed by atoms with Crippen LogP contribution in [0.4, 0.5) is 0 Å². The summed E-state index contributed by atoms with van der Waals surface area (Å²) in [5.74, 6) is -0.923. The highest BCUT2D eigenvalue weighted by Crippen LogP contribution is 2.08. The van der Waals surface area contributed by atoms with Crippen molar-refractivity contribution in [1.29, 1.82) is 0 Å². The maximum atomic E-state index is 11.9. The van der Waals surface area contributed by atoms with E-state index < -0.39 is 22.0 Å². The number of benzene rings is 1. The molecule has 0 fully saturated rings. The van der Waals surface area contributed by atoms with Gasteiger partial charge in [0.1, 0.15) is 6.04 Å². The Morgan fingerprint density at radius 3 is 2.33 bits per heavy atom. The van der Waals surface area contributed by atoms with Gasteiger partial charge >= 0.3 is 5.97 Å². The van der Waals surface area contributed by atoms with E-state index in [4.69, 9.17) is 5.11 Å². The number of aryl methyl sites for hydroxylation is 1. The Labute approximate surface area is 126 Å². The lowest BCUT2D eigenvalue weighted by Crippen LogP contribution is -2.42. The highest BCUT2D eigenvalue weighted by molar-refractivity contribution is 7.89. The fourth-order valence-electron chi connectivity index (χ4n) is 1.86. The second-order valence-corrected chi connectivity index (χ2v) is 7.41. The molecule has 0 bridgehead atoms. The van der Waals surface area contributed by atoms with E-state index in [9.17, 15) is 13.2 Å². The highest BCUT2D eigenvalue weighted by Gasteiger charge is 2.23. The first kappa shape index (κ1) is 17.7. The molecule has 1 aromatic rings. The van der Waals surface area contributed by atoms with Crippen molar-refractivity contribution in [1.82, 2.24) is 4.72 Å². The standard InChI is InChI=1S/C15H23NO4S/c1-12(2)10-11-21(19,20)16-14(15(17)18)9-8-13-6-4-3-5-7-13/h3-7,12,14,16H,8-11H2,1-2H3,(H,17,18). The van der Waals surface area contributed by atoms with Gasteiger partial charge < -0.3 is 5.11 Å². The van der Waals surface area contributed by atoms with Crippen molar-refractivity contribution in [3.8, 4) is 0 Å². The molecule has 21 heavy (non-hydrogen) atoms. The third kappa shape index (κ3) is 7.24. The number of hydrogen-bond acceptors (Lipinski definition) is 3. The molecule has 6 heteroatoms. The minimum atomic E-state index is -3.56. The zero-order valence-electron chi connectivity index (χ0n) is 12.5. The lowest BCUT2D eigenvalue weighted by Gasteiger charge is -2.15. The zero-order valence-corrected chi connectivity index (χ0v) is 13.3. The van der Waals surface area contributed by atoms with Gasteiger partial charge in [-0.05, 0) is 30.7 Å². The number of sulfonamides is 1. The minimum Gasteiger partial charge on any atom is -0.480 e. The number of hydrogen-bond donors (Lipinski definition) is 2. The lowest BCUT2D eigenvalue weighted by atomic mass is 10.1. The van der Waals surface area contributed by atoms with Crippen molar-refractivity contribution in [3.63, 3.8) is 0 Å². The van der Waals surface area contributed by atoms with Crippen LogP contribution >= 0.6 is 0 Å². The first-order chi connectivity index (χ1) is 9.80. The van der Waals surface area contributed by atoms with E-state index in [-0.39, 0.29) is 18.1 Å². The van der Waals surface area contributed by atoms with Crippen molar-refractivity contribution in [2.45, 2.75) is 39.2 Å². The summed E-state index contributed by atoms with van der Waals surface area (Å²) in [6, 6.07) is 8.34. The predicted molar refractivity (Wildman–Crippen MR) is 82.6 cm³/mol. The van der Waals surface area contributed by atoms with E-state index in [1.54, 1.807) is 0 Å². The van der Waals surface area contributed by atoms with Gasteiger partial charge in [0.05, 0.1) is 5.75 Å². The predicted octanol–water partition coefficient (Wildman–Crippen LogP) is 2.04. The van der Waals surface area contributed by atoms with Crippen LogP contribution in [0.3, 0.4) is 0 Å². The Morgan fingerprint density at radius 2 is 1.81 bits per heavy atom. The van der Waals surface area contributed by atoms with Crippen LogP contribution in [0.2, 0.25) is 0 Å². The van der Waals surface area contributed by atoms with Gasteiger partial charge in [0.15, 0.2) is 0 Å². The molecule has 0 aliphatic rings. The highest BCUT2D eigenvalue weighted by atomic mass is 32.2. The Kier molecular flexibility index (Phi) is 6.84. The summed E-state index contributed by atoms with van der Waals surface area (Å²) >= 11 is 0. The van der Waals surface area contributed by atoms with Crippen LogP contribution in [-0.4, -0.2) is 31.3 Å². The Balaban J connectivity index is 2.59. The van der Waals surface area contributed by atoms with Crippen LogP contribution in [0, 0.1) is 5.92 Å². The normalized spacial score (nSPS) is 13.3. The maximum Gasteiger partial charge on any atom is 0.321 e. The molecular formula is C15H23NO4S. The Morgan fingerprint density at radius 1 is 1.19 bits per heavy atom. The summed E-state index contributed by atoms with van der Waals surface area (Å²) in [5.41, 5.74) is 0.991. The summed E-state index contributed by atoms with van der Waals surface area (Å²) < 4.78 is 26.1. The third-order valence-electron chi connectivity index (χ3n) is 3.15. The minimum absolute atomic E-state index is 0.0419. The van der Waals surface area contributed by atoms with E-state index in [0.717, 1.165) is 5.56 Å². The SMILES string of the molecule is CC(C)CCS(=O)(=O)NC(CCc1ccccc1)C(=O)O. The smallest absolute Gasteiger partial charge is 0.321 e. The summed E-state index contributed by atoms with van der Waals surface area (Å²) in [6.07, 6.45) is 1.27. The number of carboxylic acids is 1. The number of carboxylic acid groups (broad SMARTS) is 1. The molecule has 0 aromatic heterocycles. The molecule has 1 rings (SSSR count). The molecular weight excluding hydrogens is 290 g/mol. The van der Waals surface area contributed by atoms with E-state index in [1.807, 2.05) is 44.2 Å². The Bertz CT molecular complexity index is 540. The topological polar surface area (TPSA) is 83.5 Å². The average molecular weight is 313 g/mol. The molecule has 1 aromatic carbocycles. The van der Waals surface area contributed by atoms with Gasteiger partial charge in [-0.25, -0.2) is 13.1 Å². The quantitative estimate of drug-likeness (QED) is 0.731. The molecule has 1 unspecified atom stereocenters. The second-order valence-electron chi connectivity index (χ2n) is 5.53. The first-order valence-electron chi connectivity index (χ1n) is 7.07. The fourth-order valence-corrected chi connectivity index (χ4v) is 3.41. The average Bonchev–Trinajstić information content (AvgIpc) is 2.42. The van der Waals surface area contributed by atoms with Crippen molar-refractivity contribution >= 4 is 16.0 Å². The third-order valence-corrected chi connectivity index (χ3v) is 4.57. The number of rotatable bonds is 9. The van der Waals surface area contributed by atoms with Crippen molar-refractivity contribution in [2.75, 3.05) is 5.75 Å². The lowest BCUT2D eigenvalue weighted by molar-refractivity contribution is -0.139. The zero-order chi connectivity index (χ0) is 15.9. The van der Waals surface area contributed by atoms with Gasteiger partial charge in [-0.2, -0.15) is 0 Å². The molecule has 1 atom stereocenters. The maximum absolute atomic E-state index is 11.9. The van der Waals surface area contributed by atoms with Crippen molar-refractivity contribution < 1.29 is 18.3 Å². The van der Waals surface area contributed by atoms with Gasteiger partial charge in [-0.1, -0.05) is 44.2 Å². The van der Waals surface area contributed by atoms with Gasteiger partial charge in [-0.15, -0.1) is 0 Å². The molecule has 0 radical (unpaired) electrons. The molecule has 0 saturated carbocycles. The van der Waals surface area contributed by atoms with Crippen molar-refractivity contribution in [3.05, 3.63) is 35.9 Å². The van der Waals surface area contributed by atoms with Crippen LogP contribution in [-0.2, 0) is 21.2 Å². The number of nitrogens with one attached hydrogen (secondary N) is 1. The van der Waals surface area contributed by atoms with Gasteiger partial charge in [-0.3, -0.25) is 4.79 Å². The van der Waals surface area contributed by atoms with Crippen LogP contribution in [0.5, 0.6) is 0 Å². The summed E-state index contributed by atoms with van der Waals surface area (Å²) in [5, 5.41) is 9.17. The summed E-state index contributed by atoms with van der Waals surface area (Å²) in [6.45, 7) is 3.86. The molecule has 0 amide bonds. The molecule has 0 heterocycles. The largest absolute Gasteiger partial charge is 0.480 e. The molecule has 0 aliphatic carbocycles. The molecule has 0 spiro atoms. The molecule has 2 N–H and O–H groups in total. The van der Waals surface area contributed by atoms with Crippen LogP contribution in [0.25, 0.3) is 0 Å². The van der Waals surface area contributed by atoms with E-state index in [2.05, 4.69) is 4.72 Å². The molecule has 0 saturated heterocycles. The summed E-state index contributed by atoms with van der Waals surface area (Å²) in [7, 11) is -3.56. The number of aliphatic carboxylic acids is 1. The van der Waals surface area contributed by atoms with Gasteiger partial charge in [0.25, 0.3) is 0 Å². The van der Waals surface area contributed by atoms with Gasteiger partial charge in [0, 0.05) is 0 Å². The van der Waals surface area contributed by atoms with E-state index in [0.29, 0.717) is 12.8 Å². The van der Waals surface area contributed by atoms with Crippen molar-refractivity contribution in [2.24, 2.45) is 5.92 Å². The van der Waals surface area contributed by atoms with E-state index in [1.165, 1.54) is 0 Å². The number of carbonyl (C=O) groups is 1.